The van der Waals surface area contributed by atoms with Crippen LogP contribution in [0.4, 0.5) is 0 Å². The molecule has 0 fully saturated rings. The highest BCUT2D eigenvalue weighted by Crippen LogP contribution is 2.19. The third-order valence-corrected chi connectivity index (χ3v) is 2.98. The minimum absolute atomic E-state index is 0.0847. The molecule has 0 aliphatic rings. The van der Waals surface area contributed by atoms with Crippen LogP contribution in [0.5, 0.6) is 5.75 Å². The number of aromatic nitrogens is 3. The van der Waals surface area contributed by atoms with Gasteiger partial charge in [0, 0.05) is 6.54 Å². The fraction of sp³-hybridized carbons (Fsp3) is 0.400. The summed E-state index contributed by atoms with van der Waals surface area (Å²) in [6, 6.07) is 6.05. The Morgan fingerprint density at radius 1 is 1.38 bits per heavy atom. The number of nitrogens with one attached hydrogen (secondary N) is 2. The van der Waals surface area contributed by atoms with E-state index < -0.39 is 0 Å². The van der Waals surface area contributed by atoms with Gasteiger partial charge in [0.05, 0.1) is 6.42 Å². The van der Waals surface area contributed by atoms with Crippen molar-refractivity contribution in [2.24, 2.45) is 0 Å². The van der Waals surface area contributed by atoms with Crippen LogP contribution in [0.2, 0.25) is 0 Å². The largest absolute Gasteiger partial charge is 0.485 e. The number of benzene rings is 1. The Hall–Kier alpha value is -2.37. The van der Waals surface area contributed by atoms with Gasteiger partial charge in [-0.25, -0.2) is 4.98 Å². The van der Waals surface area contributed by atoms with E-state index in [4.69, 9.17) is 4.74 Å². The molecule has 0 saturated heterocycles. The van der Waals surface area contributed by atoms with Crippen molar-refractivity contribution in [1.82, 2.24) is 20.5 Å². The highest BCUT2D eigenvalue weighted by molar-refractivity contribution is 5.77. The van der Waals surface area contributed by atoms with Crippen LogP contribution in [0.3, 0.4) is 0 Å². The van der Waals surface area contributed by atoms with E-state index >= 15 is 0 Å². The van der Waals surface area contributed by atoms with E-state index in [9.17, 15) is 4.79 Å². The Morgan fingerprint density at radius 2 is 2.19 bits per heavy atom. The van der Waals surface area contributed by atoms with Crippen LogP contribution < -0.4 is 10.1 Å². The Labute approximate surface area is 123 Å². The maximum absolute atomic E-state index is 11.4. The number of aryl methyl sites for hydroxylation is 2. The molecule has 21 heavy (non-hydrogen) atoms. The fourth-order valence-electron chi connectivity index (χ4n) is 1.89. The minimum Gasteiger partial charge on any atom is -0.485 e. The highest BCUT2D eigenvalue weighted by atomic mass is 16.5. The van der Waals surface area contributed by atoms with Crippen LogP contribution in [0.15, 0.2) is 18.2 Å². The van der Waals surface area contributed by atoms with Crippen molar-refractivity contribution < 1.29 is 9.53 Å². The van der Waals surface area contributed by atoms with Crippen molar-refractivity contribution in [3.05, 3.63) is 41.0 Å². The normalized spacial score (nSPS) is 10.4. The summed E-state index contributed by atoms with van der Waals surface area (Å²) in [4.78, 5) is 15.7. The van der Waals surface area contributed by atoms with E-state index in [0.717, 1.165) is 16.9 Å². The summed E-state index contributed by atoms with van der Waals surface area (Å²) in [6.07, 6.45) is 0.174. The highest BCUT2D eigenvalue weighted by Gasteiger charge is 2.09. The number of rotatable bonds is 6. The smallest absolute Gasteiger partial charge is 0.227 e. The summed E-state index contributed by atoms with van der Waals surface area (Å²) >= 11 is 0. The van der Waals surface area contributed by atoms with Crippen molar-refractivity contribution in [2.45, 2.75) is 33.8 Å². The topological polar surface area (TPSA) is 79.9 Å². The van der Waals surface area contributed by atoms with E-state index in [-0.39, 0.29) is 12.3 Å². The van der Waals surface area contributed by atoms with Crippen molar-refractivity contribution >= 4 is 5.91 Å². The summed E-state index contributed by atoms with van der Waals surface area (Å²) in [5.41, 5.74) is 2.22. The molecule has 0 unspecified atom stereocenters. The zero-order chi connectivity index (χ0) is 15.2. The third-order valence-electron chi connectivity index (χ3n) is 2.98. The third kappa shape index (κ3) is 4.30. The quantitative estimate of drug-likeness (QED) is 0.847. The summed E-state index contributed by atoms with van der Waals surface area (Å²) in [7, 11) is 0. The number of carbonyl (C=O) groups excluding carboxylic acids is 1. The summed E-state index contributed by atoms with van der Waals surface area (Å²) in [5.74, 6) is 1.82. The molecule has 0 aliphatic heterocycles. The van der Waals surface area contributed by atoms with Gasteiger partial charge in [0.2, 0.25) is 5.91 Å². The first-order chi connectivity index (χ1) is 10.1. The van der Waals surface area contributed by atoms with Gasteiger partial charge in [0.1, 0.15) is 12.4 Å². The number of hydrogen-bond acceptors (Lipinski definition) is 4. The van der Waals surface area contributed by atoms with Gasteiger partial charge in [0.25, 0.3) is 0 Å². The Balaban J connectivity index is 1.93. The molecule has 0 bridgehead atoms. The second kappa shape index (κ2) is 6.88. The fourth-order valence-corrected chi connectivity index (χ4v) is 1.89. The maximum atomic E-state index is 11.4. The van der Waals surface area contributed by atoms with Gasteiger partial charge in [-0.1, -0.05) is 12.1 Å². The molecule has 2 N–H and O–H groups in total. The Bertz CT molecular complexity index is 622. The molecule has 1 aromatic heterocycles. The summed E-state index contributed by atoms with van der Waals surface area (Å²) in [6.45, 7) is 6.79. The van der Waals surface area contributed by atoms with Crippen LogP contribution in [0.1, 0.15) is 29.7 Å². The van der Waals surface area contributed by atoms with Crippen LogP contribution in [-0.4, -0.2) is 27.6 Å². The average Bonchev–Trinajstić information content (AvgIpc) is 2.87. The molecular weight excluding hydrogens is 268 g/mol. The summed E-state index contributed by atoms with van der Waals surface area (Å²) in [5, 5.41) is 9.52. The molecule has 6 nitrogen and oxygen atoms in total. The first-order valence-electron chi connectivity index (χ1n) is 6.95. The van der Waals surface area contributed by atoms with Gasteiger partial charge in [0.15, 0.2) is 11.6 Å². The number of nitrogens with zero attached hydrogens (tertiary/aromatic N) is 2. The second-order valence-corrected chi connectivity index (χ2v) is 4.89. The average molecular weight is 288 g/mol. The van der Waals surface area contributed by atoms with E-state index in [1.165, 1.54) is 0 Å². The van der Waals surface area contributed by atoms with E-state index in [1.807, 2.05) is 39.0 Å². The number of amides is 1. The van der Waals surface area contributed by atoms with Crippen LogP contribution in [-0.2, 0) is 17.8 Å². The predicted octanol–water partition coefficient (Wildman–Crippen LogP) is 1.68. The minimum atomic E-state index is -0.0847. The Morgan fingerprint density at radius 3 is 2.95 bits per heavy atom. The lowest BCUT2D eigenvalue weighted by molar-refractivity contribution is -0.120. The molecule has 1 aromatic carbocycles. The van der Waals surface area contributed by atoms with Crippen molar-refractivity contribution in [3.63, 3.8) is 0 Å². The lowest BCUT2D eigenvalue weighted by Gasteiger charge is -2.08. The number of aromatic amines is 1. The van der Waals surface area contributed by atoms with Crippen LogP contribution >= 0.6 is 0 Å². The molecule has 0 spiro atoms. The molecule has 2 aromatic rings. The van der Waals surface area contributed by atoms with Gasteiger partial charge in [-0.2, -0.15) is 5.10 Å². The molecule has 0 saturated carbocycles. The number of ether oxygens (including phenoxy) is 1. The number of likely N-dealkylation sites (N-methyl/N-ethyl adjacent to an activating group) is 1. The molecule has 1 amide bonds. The first kappa shape index (κ1) is 15.0. The molecule has 6 heteroatoms. The van der Waals surface area contributed by atoms with Crippen LogP contribution in [0.25, 0.3) is 0 Å². The van der Waals surface area contributed by atoms with Crippen molar-refractivity contribution in [3.8, 4) is 5.75 Å². The van der Waals surface area contributed by atoms with E-state index in [2.05, 4.69) is 20.5 Å². The number of H-pyrrole nitrogens is 1. The molecule has 2 rings (SSSR count). The lowest BCUT2D eigenvalue weighted by Crippen LogP contribution is -2.24. The van der Waals surface area contributed by atoms with Gasteiger partial charge < -0.3 is 10.1 Å². The van der Waals surface area contributed by atoms with Gasteiger partial charge in [-0.15, -0.1) is 0 Å². The SMILES string of the molecule is CCNC(=O)Cc1n[nH]c(COc2cc(C)ccc2C)n1. The maximum Gasteiger partial charge on any atom is 0.227 e. The lowest BCUT2D eigenvalue weighted by atomic mass is 10.1. The molecule has 0 aliphatic carbocycles. The Kier molecular flexibility index (Phi) is 4.92. The summed E-state index contributed by atoms with van der Waals surface area (Å²) < 4.78 is 5.74. The molecule has 0 radical (unpaired) electrons. The molecule has 0 atom stereocenters. The van der Waals surface area contributed by atoms with Gasteiger partial charge in [-0.3, -0.25) is 9.89 Å². The van der Waals surface area contributed by atoms with Gasteiger partial charge in [-0.05, 0) is 38.0 Å². The molecule has 112 valence electrons. The van der Waals surface area contributed by atoms with E-state index in [0.29, 0.717) is 24.8 Å². The number of carbonyl (C=O) groups is 1. The second-order valence-electron chi connectivity index (χ2n) is 4.89. The zero-order valence-corrected chi connectivity index (χ0v) is 12.6. The van der Waals surface area contributed by atoms with Crippen molar-refractivity contribution in [1.29, 1.82) is 0 Å². The zero-order valence-electron chi connectivity index (χ0n) is 12.6. The van der Waals surface area contributed by atoms with Gasteiger partial charge >= 0.3 is 0 Å². The standard InChI is InChI=1S/C15H20N4O2/c1-4-16-15(20)8-13-17-14(19-18-13)9-21-12-7-10(2)5-6-11(12)3/h5-7H,4,8-9H2,1-3H3,(H,16,20)(H,17,18,19). The van der Waals surface area contributed by atoms with E-state index in [1.54, 1.807) is 0 Å². The molecular formula is C15H20N4O2. The molecule has 1 heterocycles. The van der Waals surface area contributed by atoms with Crippen molar-refractivity contribution in [2.75, 3.05) is 6.54 Å². The van der Waals surface area contributed by atoms with Crippen LogP contribution in [0, 0.1) is 13.8 Å². The predicted molar refractivity (Wildman–Crippen MR) is 79.0 cm³/mol. The number of hydrogen-bond donors (Lipinski definition) is 2. The first-order valence-corrected chi connectivity index (χ1v) is 6.95. The monoisotopic (exact) mass is 288 g/mol.